The zero-order valence-electron chi connectivity index (χ0n) is 13.1. The largest absolute Gasteiger partial charge is 0.497 e. The van der Waals surface area contributed by atoms with E-state index in [0.717, 1.165) is 41.6 Å². The molecule has 3 nitrogen and oxygen atoms in total. The van der Waals surface area contributed by atoms with E-state index in [4.69, 9.17) is 9.72 Å². The molecule has 0 bridgehead atoms. The molecule has 0 radical (unpaired) electrons. The third-order valence-electron chi connectivity index (χ3n) is 3.72. The maximum Gasteiger partial charge on any atom is 0.119 e. The maximum absolute atomic E-state index is 5.40. The highest BCUT2D eigenvalue weighted by Crippen LogP contribution is 2.33. The lowest BCUT2D eigenvalue weighted by atomic mass is 10.0. The number of benzene rings is 1. The molecule has 0 saturated heterocycles. The Hall–Kier alpha value is -1.77. The lowest BCUT2D eigenvalue weighted by Gasteiger charge is -2.17. The van der Waals surface area contributed by atoms with E-state index in [1.54, 1.807) is 7.11 Å². The predicted octanol–water partition coefficient (Wildman–Crippen LogP) is 4.24. The SMILES string of the molecule is CCCNc1c(C)c(CC)nc2c(C)cc(OC)cc12. The Kier molecular flexibility index (Phi) is 4.48. The molecule has 0 unspecified atom stereocenters. The van der Waals surface area contributed by atoms with Gasteiger partial charge in [-0.25, -0.2) is 0 Å². The highest BCUT2D eigenvalue weighted by atomic mass is 16.5. The summed E-state index contributed by atoms with van der Waals surface area (Å²) in [6.07, 6.45) is 2.06. The summed E-state index contributed by atoms with van der Waals surface area (Å²) in [6, 6.07) is 4.13. The first-order chi connectivity index (χ1) is 9.62. The average molecular weight is 272 g/mol. The van der Waals surface area contributed by atoms with Crippen LogP contribution in [-0.4, -0.2) is 18.6 Å². The maximum atomic E-state index is 5.40. The minimum absolute atomic E-state index is 0.889. The van der Waals surface area contributed by atoms with Crippen LogP contribution in [0, 0.1) is 13.8 Å². The van der Waals surface area contributed by atoms with Gasteiger partial charge in [-0.15, -0.1) is 0 Å². The Morgan fingerprint density at radius 1 is 1.20 bits per heavy atom. The van der Waals surface area contributed by atoms with Crippen molar-refractivity contribution in [3.8, 4) is 5.75 Å². The van der Waals surface area contributed by atoms with Gasteiger partial charge >= 0.3 is 0 Å². The van der Waals surface area contributed by atoms with Crippen molar-refractivity contribution in [3.63, 3.8) is 0 Å². The molecule has 0 aliphatic heterocycles. The number of aryl methyl sites for hydroxylation is 2. The summed E-state index contributed by atoms with van der Waals surface area (Å²) in [5.41, 5.74) is 5.86. The van der Waals surface area contributed by atoms with Crippen LogP contribution in [0.25, 0.3) is 10.9 Å². The quantitative estimate of drug-likeness (QED) is 0.883. The summed E-state index contributed by atoms with van der Waals surface area (Å²) in [7, 11) is 1.71. The van der Waals surface area contributed by atoms with Gasteiger partial charge in [0.05, 0.1) is 12.6 Å². The van der Waals surface area contributed by atoms with Crippen molar-refractivity contribution in [1.29, 1.82) is 0 Å². The lowest BCUT2D eigenvalue weighted by Crippen LogP contribution is -2.06. The monoisotopic (exact) mass is 272 g/mol. The number of nitrogens with one attached hydrogen (secondary N) is 1. The van der Waals surface area contributed by atoms with Crippen molar-refractivity contribution >= 4 is 16.6 Å². The molecule has 0 aliphatic rings. The Labute approximate surface area is 121 Å². The number of pyridine rings is 1. The average Bonchev–Trinajstić information content (AvgIpc) is 2.45. The van der Waals surface area contributed by atoms with E-state index in [2.05, 4.69) is 39.1 Å². The first-order valence-electron chi connectivity index (χ1n) is 7.34. The summed E-state index contributed by atoms with van der Waals surface area (Å²) in [5, 5.41) is 4.72. The van der Waals surface area contributed by atoms with Gasteiger partial charge in [0.1, 0.15) is 5.75 Å². The predicted molar refractivity (Wildman–Crippen MR) is 85.9 cm³/mol. The number of fused-ring (bicyclic) bond motifs is 1. The number of rotatable bonds is 5. The van der Waals surface area contributed by atoms with Crippen LogP contribution in [0.2, 0.25) is 0 Å². The first kappa shape index (κ1) is 14.6. The molecule has 0 spiro atoms. The number of hydrogen-bond donors (Lipinski definition) is 1. The van der Waals surface area contributed by atoms with E-state index in [9.17, 15) is 0 Å². The van der Waals surface area contributed by atoms with Crippen molar-refractivity contribution in [2.24, 2.45) is 0 Å². The molecule has 0 atom stereocenters. The smallest absolute Gasteiger partial charge is 0.119 e. The molecule has 1 aromatic carbocycles. The third-order valence-corrected chi connectivity index (χ3v) is 3.72. The summed E-state index contributed by atoms with van der Waals surface area (Å²) < 4.78 is 5.40. The van der Waals surface area contributed by atoms with Gasteiger partial charge in [0.25, 0.3) is 0 Å². The van der Waals surface area contributed by atoms with Gasteiger partial charge in [-0.05, 0) is 49.9 Å². The van der Waals surface area contributed by atoms with Gasteiger partial charge in [-0.1, -0.05) is 13.8 Å². The molecule has 2 aromatic rings. The summed E-state index contributed by atoms with van der Waals surface area (Å²) in [6.45, 7) is 9.55. The normalized spacial score (nSPS) is 10.8. The Balaban J connectivity index is 2.75. The van der Waals surface area contributed by atoms with Crippen LogP contribution in [0.1, 0.15) is 37.1 Å². The molecule has 0 saturated carbocycles. The van der Waals surface area contributed by atoms with Gasteiger partial charge < -0.3 is 10.1 Å². The fourth-order valence-corrected chi connectivity index (χ4v) is 2.59. The van der Waals surface area contributed by atoms with Gasteiger partial charge in [0.15, 0.2) is 0 Å². The molecular weight excluding hydrogens is 248 g/mol. The zero-order chi connectivity index (χ0) is 14.7. The van der Waals surface area contributed by atoms with Crippen molar-refractivity contribution in [1.82, 2.24) is 4.98 Å². The molecule has 2 rings (SSSR count). The van der Waals surface area contributed by atoms with Crippen LogP contribution in [0.15, 0.2) is 12.1 Å². The number of hydrogen-bond acceptors (Lipinski definition) is 3. The standard InChI is InChI=1S/C17H24N2O/c1-6-8-18-17-12(4)15(7-2)19-16-11(3)9-13(20-5)10-14(16)17/h9-10H,6-8H2,1-5H3,(H,18,19). The summed E-state index contributed by atoms with van der Waals surface area (Å²) in [4.78, 5) is 4.84. The van der Waals surface area contributed by atoms with Crippen LogP contribution in [0.4, 0.5) is 5.69 Å². The molecule has 1 aromatic heterocycles. The van der Waals surface area contributed by atoms with Crippen molar-refractivity contribution < 1.29 is 4.74 Å². The molecular formula is C17H24N2O. The van der Waals surface area contributed by atoms with E-state index >= 15 is 0 Å². The van der Waals surface area contributed by atoms with E-state index in [1.165, 1.54) is 16.9 Å². The molecule has 0 fully saturated rings. The van der Waals surface area contributed by atoms with Crippen LogP contribution in [-0.2, 0) is 6.42 Å². The van der Waals surface area contributed by atoms with Gasteiger partial charge in [-0.2, -0.15) is 0 Å². The Bertz CT molecular complexity index is 620. The van der Waals surface area contributed by atoms with E-state index < -0.39 is 0 Å². The highest BCUT2D eigenvalue weighted by Gasteiger charge is 2.13. The zero-order valence-corrected chi connectivity index (χ0v) is 13.1. The minimum Gasteiger partial charge on any atom is -0.497 e. The molecule has 1 N–H and O–H groups in total. The molecule has 108 valence electrons. The molecule has 0 aliphatic carbocycles. The van der Waals surface area contributed by atoms with Gasteiger partial charge in [0.2, 0.25) is 0 Å². The van der Waals surface area contributed by atoms with Crippen molar-refractivity contribution in [2.75, 3.05) is 19.0 Å². The molecule has 0 amide bonds. The van der Waals surface area contributed by atoms with E-state index in [-0.39, 0.29) is 0 Å². The summed E-state index contributed by atoms with van der Waals surface area (Å²) >= 11 is 0. The minimum atomic E-state index is 0.889. The number of nitrogens with zero attached hydrogens (tertiary/aromatic N) is 1. The van der Waals surface area contributed by atoms with Crippen LogP contribution in [0.5, 0.6) is 5.75 Å². The number of anilines is 1. The van der Waals surface area contributed by atoms with E-state index in [1.807, 2.05) is 6.07 Å². The van der Waals surface area contributed by atoms with E-state index in [0.29, 0.717) is 0 Å². The van der Waals surface area contributed by atoms with Gasteiger partial charge in [-0.3, -0.25) is 4.98 Å². The number of methoxy groups -OCH3 is 1. The molecule has 1 heterocycles. The fraction of sp³-hybridized carbons (Fsp3) is 0.471. The van der Waals surface area contributed by atoms with Crippen molar-refractivity contribution in [2.45, 2.75) is 40.5 Å². The topological polar surface area (TPSA) is 34.2 Å². The van der Waals surface area contributed by atoms with Crippen LogP contribution >= 0.6 is 0 Å². The fourth-order valence-electron chi connectivity index (χ4n) is 2.59. The lowest BCUT2D eigenvalue weighted by molar-refractivity contribution is 0.415. The second-order valence-corrected chi connectivity index (χ2v) is 5.18. The van der Waals surface area contributed by atoms with Crippen molar-refractivity contribution in [3.05, 3.63) is 29.0 Å². The first-order valence-corrected chi connectivity index (χ1v) is 7.34. The highest BCUT2D eigenvalue weighted by molar-refractivity contribution is 5.96. The number of ether oxygens (including phenoxy) is 1. The van der Waals surface area contributed by atoms with Crippen LogP contribution < -0.4 is 10.1 Å². The Morgan fingerprint density at radius 2 is 1.95 bits per heavy atom. The molecule has 3 heteroatoms. The number of aromatic nitrogens is 1. The third kappa shape index (κ3) is 2.58. The summed E-state index contributed by atoms with van der Waals surface area (Å²) in [5.74, 6) is 0.889. The van der Waals surface area contributed by atoms with Gasteiger partial charge in [0, 0.05) is 23.3 Å². The molecule has 20 heavy (non-hydrogen) atoms. The second-order valence-electron chi connectivity index (χ2n) is 5.18. The van der Waals surface area contributed by atoms with Crippen LogP contribution in [0.3, 0.4) is 0 Å². The second kappa shape index (κ2) is 6.12. The Morgan fingerprint density at radius 3 is 2.55 bits per heavy atom.